The van der Waals surface area contributed by atoms with Gasteiger partial charge in [0.1, 0.15) is 5.82 Å². The zero-order chi connectivity index (χ0) is 16.6. The molecule has 128 valence electrons. The minimum absolute atomic E-state index is 0.0143. The van der Waals surface area contributed by atoms with E-state index in [4.69, 9.17) is 0 Å². The fourth-order valence-electron chi connectivity index (χ4n) is 3.20. The van der Waals surface area contributed by atoms with E-state index in [1.165, 1.54) is 11.5 Å². The van der Waals surface area contributed by atoms with Gasteiger partial charge in [-0.2, -0.15) is 4.37 Å². The first-order valence-electron chi connectivity index (χ1n) is 8.44. The third-order valence-electron chi connectivity index (χ3n) is 4.75. The van der Waals surface area contributed by atoms with Crippen molar-refractivity contribution in [3.8, 4) is 0 Å². The number of anilines is 1. The van der Waals surface area contributed by atoms with E-state index in [1.807, 2.05) is 4.90 Å². The van der Waals surface area contributed by atoms with Crippen LogP contribution >= 0.6 is 11.5 Å². The van der Waals surface area contributed by atoms with Gasteiger partial charge < -0.3 is 9.80 Å². The Labute approximate surface area is 142 Å². The topological polar surface area (TPSA) is 52.6 Å². The Hall–Kier alpha value is -1.21. The normalized spacial score (nSPS) is 23.6. The molecule has 2 aliphatic rings. The minimum Gasteiger partial charge on any atom is -0.343 e. The summed E-state index contributed by atoms with van der Waals surface area (Å²) in [6.45, 7) is 10.7. The zero-order valence-electron chi connectivity index (χ0n) is 14.6. The molecule has 3 heterocycles. The molecular weight excluding hydrogens is 310 g/mol. The number of amides is 1. The van der Waals surface area contributed by atoms with Crippen LogP contribution in [0, 0.1) is 0 Å². The summed E-state index contributed by atoms with van der Waals surface area (Å²) in [6.07, 6.45) is 2.13. The number of likely N-dealkylation sites (tertiary alicyclic amines) is 1. The van der Waals surface area contributed by atoms with Crippen LogP contribution in [-0.4, -0.2) is 70.9 Å². The first-order valence-corrected chi connectivity index (χ1v) is 9.22. The fraction of sp³-hybridized carbons (Fsp3) is 0.812. The Morgan fingerprint density at radius 2 is 1.87 bits per heavy atom. The van der Waals surface area contributed by atoms with Gasteiger partial charge in [-0.15, -0.1) is 0 Å². The Bertz CT molecular complexity index is 559. The molecule has 0 N–H and O–H groups in total. The lowest BCUT2D eigenvalue weighted by atomic mass is 9.96. The first-order chi connectivity index (χ1) is 10.9. The molecule has 1 atom stereocenters. The zero-order valence-corrected chi connectivity index (χ0v) is 15.4. The smallest absolute Gasteiger partial charge is 0.240 e. The quantitative estimate of drug-likeness (QED) is 0.820. The lowest BCUT2D eigenvalue weighted by Crippen LogP contribution is -2.53. The fourth-order valence-corrected chi connectivity index (χ4v) is 4.11. The summed E-state index contributed by atoms with van der Waals surface area (Å²) in [7, 11) is 2.06. The van der Waals surface area contributed by atoms with Gasteiger partial charge in [-0.05, 0) is 26.4 Å². The summed E-state index contributed by atoms with van der Waals surface area (Å²) < 4.78 is 4.49. The highest BCUT2D eigenvalue weighted by atomic mass is 32.1. The molecule has 1 unspecified atom stereocenters. The van der Waals surface area contributed by atoms with E-state index >= 15 is 0 Å². The molecule has 1 aromatic rings. The van der Waals surface area contributed by atoms with Gasteiger partial charge in [-0.3, -0.25) is 9.69 Å². The molecule has 0 spiro atoms. The lowest BCUT2D eigenvalue weighted by Gasteiger charge is -2.36. The largest absolute Gasteiger partial charge is 0.343 e. The van der Waals surface area contributed by atoms with Gasteiger partial charge in [0.05, 0.1) is 6.04 Å². The maximum absolute atomic E-state index is 12.6. The Kier molecular flexibility index (Phi) is 4.60. The SMILES string of the molecule is CN1CCCC1C(=O)N1CCN(c2nc(C(C)(C)C)ns2)CC1. The van der Waals surface area contributed by atoms with E-state index < -0.39 is 0 Å². The van der Waals surface area contributed by atoms with Crippen molar-refractivity contribution >= 4 is 22.6 Å². The van der Waals surface area contributed by atoms with Gasteiger partial charge in [0.15, 0.2) is 0 Å². The molecule has 0 bridgehead atoms. The van der Waals surface area contributed by atoms with Crippen LogP contribution < -0.4 is 4.90 Å². The molecule has 0 aliphatic carbocycles. The predicted molar refractivity (Wildman–Crippen MR) is 93.1 cm³/mol. The summed E-state index contributed by atoms with van der Waals surface area (Å²) in [4.78, 5) is 23.8. The van der Waals surface area contributed by atoms with E-state index in [1.54, 1.807) is 0 Å². The van der Waals surface area contributed by atoms with E-state index in [9.17, 15) is 4.79 Å². The highest BCUT2D eigenvalue weighted by Crippen LogP contribution is 2.26. The molecule has 1 amide bonds. The maximum atomic E-state index is 12.6. The van der Waals surface area contributed by atoms with Crippen molar-refractivity contribution in [2.45, 2.75) is 45.1 Å². The number of nitrogens with zero attached hydrogens (tertiary/aromatic N) is 5. The number of carbonyl (C=O) groups excluding carboxylic acids is 1. The number of hydrogen-bond donors (Lipinski definition) is 0. The highest BCUT2D eigenvalue weighted by Gasteiger charge is 2.33. The summed E-state index contributed by atoms with van der Waals surface area (Å²) in [5.41, 5.74) is -0.0143. The maximum Gasteiger partial charge on any atom is 0.240 e. The molecule has 2 saturated heterocycles. The van der Waals surface area contributed by atoms with E-state index in [0.29, 0.717) is 5.91 Å². The second kappa shape index (κ2) is 6.36. The van der Waals surface area contributed by atoms with E-state index in [-0.39, 0.29) is 11.5 Å². The van der Waals surface area contributed by atoms with Crippen LogP contribution in [0.4, 0.5) is 5.13 Å². The van der Waals surface area contributed by atoms with Crippen molar-refractivity contribution in [2.24, 2.45) is 0 Å². The first kappa shape index (κ1) is 16.6. The van der Waals surface area contributed by atoms with Crippen molar-refractivity contribution in [3.63, 3.8) is 0 Å². The Balaban J connectivity index is 1.58. The Morgan fingerprint density at radius 3 is 2.39 bits per heavy atom. The van der Waals surface area contributed by atoms with Crippen molar-refractivity contribution in [3.05, 3.63) is 5.82 Å². The van der Waals surface area contributed by atoms with Gasteiger partial charge >= 0.3 is 0 Å². The van der Waals surface area contributed by atoms with Gasteiger partial charge in [0.2, 0.25) is 11.0 Å². The molecular formula is C16H27N5OS. The highest BCUT2D eigenvalue weighted by molar-refractivity contribution is 7.09. The van der Waals surface area contributed by atoms with Crippen molar-refractivity contribution in [1.82, 2.24) is 19.2 Å². The van der Waals surface area contributed by atoms with Crippen molar-refractivity contribution < 1.29 is 4.79 Å². The summed E-state index contributed by atoms with van der Waals surface area (Å²) >= 11 is 1.47. The molecule has 1 aromatic heterocycles. The van der Waals surface area contributed by atoms with Crippen molar-refractivity contribution in [2.75, 3.05) is 44.7 Å². The van der Waals surface area contributed by atoms with Crippen LogP contribution in [0.5, 0.6) is 0 Å². The average Bonchev–Trinajstić information content (AvgIpc) is 3.15. The van der Waals surface area contributed by atoms with E-state index in [0.717, 1.165) is 56.5 Å². The number of piperazine rings is 1. The molecule has 0 aromatic carbocycles. The molecule has 6 nitrogen and oxygen atoms in total. The number of aromatic nitrogens is 2. The van der Waals surface area contributed by atoms with Gasteiger partial charge in [-0.25, -0.2) is 4.98 Å². The van der Waals surface area contributed by atoms with E-state index in [2.05, 4.69) is 47.0 Å². The predicted octanol–water partition coefficient (Wildman–Crippen LogP) is 1.58. The summed E-state index contributed by atoms with van der Waals surface area (Å²) in [5.74, 6) is 1.21. The number of rotatable bonds is 2. The third kappa shape index (κ3) is 3.50. The minimum atomic E-state index is -0.0143. The molecule has 0 saturated carbocycles. The summed E-state index contributed by atoms with van der Waals surface area (Å²) in [5, 5.41) is 0.986. The number of hydrogen-bond acceptors (Lipinski definition) is 6. The van der Waals surface area contributed by atoms with Gasteiger partial charge in [0, 0.05) is 43.1 Å². The standard InChI is InChI=1S/C16H27N5OS/c1-16(2,3)14-17-15(23-18-14)21-10-8-20(9-11-21)13(22)12-6-5-7-19(12)4/h12H,5-11H2,1-4H3. The van der Waals surface area contributed by atoms with Gasteiger partial charge in [-0.1, -0.05) is 20.8 Å². The van der Waals surface area contributed by atoms with Crippen LogP contribution in [0.2, 0.25) is 0 Å². The third-order valence-corrected chi connectivity index (χ3v) is 5.53. The van der Waals surface area contributed by atoms with Gasteiger partial charge in [0.25, 0.3) is 0 Å². The van der Waals surface area contributed by atoms with Crippen LogP contribution in [0.15, 0.2) is 0 Å². The van der Waals surface area contributed by atoms with Crippen molar-refractivity contribution in [1.29, 1.82) is 0 Å². The van der Waals surface area contributed by atoms with Crippen LogP contribution in [0.3, 0.4) is 0 Å². The molecule has 2 aliphatic heterocycles. The molecule has 7 heteroatoms. The molecule has 3 rings (SSSR count). The average molecular weight is 337 g/mol. The van der Waals surface area contributed by atoms with Crippen LogP contribution in [0.25, 0.3) is 0 Å². The lowest BCUT2D eigenvalue weighted by molar-refractivity contribution is -0.135. The second-order valence-corrected chi connectivity index (χ2v) is 8.33. The molecule has 2 fully saturated rings. The molecule has 0 radical (unpaired) electrons. The number of likely N-dealkylation sites (N-methyl/N-ethyl adjacent to an activating group) is 1. The number of carbonyl (C=O) groups is 1. The monoisotopic (exact) mass is 337 g/mol. The van der Waals surface area contributed by atoms with Crippen LogP contribution in [0.1, 0.15) is 39.4 Å². The second-order valence-electron chi connectivity index (χ2n) is 7.60. The van der Waals surface area contributed by atoms with Crippen LogP contribution in [-0.2, 0) is 10.2 Å². The Morgan fingerprint density at radius 1 is 1.17 bits per heavy atom. The molecule has 23 heavy (non-hydrogen) atoms. The summed E-state index contributed by atoms with van der Waals surface area (Å²) in [6, 6.07) is 0.0931.